The third kappa shape index (κ3) is 3.54. The molecular weight excluding hydrogens is 328 g/mol. The van der Waals surface area contributed by atoms with Crippen molar-refractivity contribution in [3.8, 4) is 5.75 Å². The highest BCUT2D eigenvalue weighted by molar-refractivity contribution is 7.99. The summed E-state index contributed by atoms with van der Waals surface area (Å²) in [5, 5.41) is 8.86. The van der Waals surface area contributed by atoms with E-state index < -0.39 is 22.0 Å². The highest BCUT2D eigenvalue weighted by Gasteiger charge is 2.36. The van der Waals surface area contributed by atoms with E-state index >= 15 is 0 Å². The highest BCUT2D eigenvalue weighted by atomic mass is 32.2. The molecule has 7 nitrogen and oxygen atoms in total. The first-order valence-electron chi connectivity index (χ1n) is 6.68. The molecule has 0 aromatic heterocycles. The van der Waals surface area contributed by atoms with Gasteiger partial charge in [-0.3, -0.25) is 10.0 Å². The Labute approximate surface area is 133 Å². The summed E-state index contributed by atoms with van der Waals surface area (Å²) in [5.74, 6) is 1.10. The second-order valence-corrected chi connectivity index (χ2v) is 7.80. The maximum atomic E-state index is 12.8. The summed E-state index contributed by atoms with van der Waals surface area (Å²) in [6, 6.07) is 5.09. The molecule has 0 aliphatic carbocycles. The molecule has 22 heavy (non-hydrogen) atoms. The second-order valence-electron chi connectivity index (χ2n) is 4.68. The topological polar surface area (TPSA) is 95.9 Å². The molecule has 0 saturated carbocycles. The van der Waals surface area contributed by atoms with Crippen LogP contribution in [0, 0.1) is 0 Å². The maximum Gasteiger partial charge on any atom is 0.261 e. The number of methoxy groups -OCH3 is 1. The van der Waals surface area contributed by atoms with Gasteiger partial charge in [0.25, 0.3) is 5.91 Å². The van der Waals surface area contributed by atoms with E-state index in [1.165, 1.54) is 19.2 Å². The number of carbonyl (C=O) groups excluding carboxylic acids is 1. The lowest BCUT2D eigenvalue weighted by Gasteiger charge is -2.27. The number of rotatable bonds is 4. The fourth-order valence-electron chi connectivity index (χ4n) is 2.26. The Hall–Kier alpha value is -1.29. The van der Waals surface area contributed by atoms with E-state index in [2.05, 4.69) is 0 Å². The molecule has 0 radical (unpaired) electrons. The van der Waals surface area contributed by atoms with Gasteiger partial charge in [0.15, 0.2) is 0 Å². The third-order valence-electron chi connectivity index (χ3n) is 3.42. The van der Waals surface area contributed by atoms with Crippen LogP contribution in [-0.4, -0.2) is 55.0 Å². The zero-order valence-corrected chi connectivity index (χ0v) is 13.7. The van der Waals surface area contributed by atoms with E-state index in [-0.39, 0.29) is 11.4 Å². The molecule has 1 aliphatic heterocycles. The standard InChI is InChI=1S/C13H18N2O5S2/c1-20-10-2-4-11(5-3-10)22(18,19)15-7-9-21-8-6-12(15)13(16)14-17/h2-5,12,17H,6-9H2,1H3,(H,14,16)/t12-/m0/s1. The van der Waals surface area contributed by atoms with Crippen LogP contribution in [0.2, 0.25) is 0 Å². The van der Waals surface area contributed by atoms with Gasteiger partial charge in [0, 0.05) is 12.3 Å². The number of thioether (sulfide) groups is 1. The van der Waals surface area contributed by atoms with Crippen LogP contribution in [0.15, 0.2) is 29.2 Å². The van der Waals surface area contributed by atoms with Crippen molar-refractivity contribution >= 4 is 27.7 Å². The number of hydrogen-bond donors (Lipinski definition) is 2. The fourth-order valence-corrected chi connectivity index (χ4v) is 4.91. The smallest absolute Gasteiger partial charge is 0.261 e. The van der Waals surface area contributed by atoms with E-state index in [0.717, 1.165) is 4.31 Å². The predicted octanol–water partition coefficient (Wildman–Crippen LogP) is 0.697. The van der Waals surface area contributed by atoms with E-state index in [4.69, 9.17) is 9.94 Å². The van der Waals surface area contributed by atoms with Gasteiger partial charge in [-0.2, -0.15) is 16.1 Å². The van der Waals surface area contributed by atoms with Gasteiger partial charge in [0.1, 0.15) is 11.8 Å². The first-order valence-corrected chi connectivity index (χ1v) is 9.27. The second kappa shape index (κ2) is 7.32. The number of ether oxygens (including phenoxy) is 1. The van der Waals surface area contributed by atoms with Crippen LogP contribution >= 0.6 is 11.8 Å². The Morgan fingerprint density at radius 1 is 1.36 bits per heavy atom. The molecule has 1 aromatic carbocycles. The normalized spacial score (nSPS) is 20.2. The molecule has 1 aliphatic rings. The molecule has 1 amide bonds. The molecule has 1 heterocycles. The number of amides is 1. The van der Waals surface area contributed by atoms with Gasteiger partial charge in [0.2, 0.25) is 10.0 Å². The summed E-state index contributed by atoms with van der Waals surface area (Å²) in [6.07, 6.45) is 0.354. The number of hydroxylamine groups is 1. The van der Waals surface area contributed by atoms with Crippen molar-refractivity contribution in [2.75, 3.05) is 25.2 Å². The van der Waals surface area contributed by atoms with E-state index in [0.29, 0.717) is 23.7 Å². The Balaban J connectivity index is 2.36. The van der Waals surface area contributed by atoms with Gasteiger partial charge in [-0.15, -0.1) is 0 Å². The van der Waals surface area contributed by atoms with Gasteiger partial charge in [0.05, 0.1) is 12.0 Å². The van der Waals surface area contributed by atoms with Crippen LogP contribution < -0.4 is 10.2 Å². The molecule has 122 valence electrons. The van der Waals surface area contributed by atoms with E-state index in [1.54, 1.807) is 29.4 Å². The first kappa shape index (κ1) is 17.1. The minimum Gasteiger partial charge on any atom is -0.497 e. The molecule has 1 atom stereocenters. The van der Waals surface area contributed by atoms with Crippen LogP contribution in [0.25, 0.3) is 0 Å². The number of nitrogens with zero attached hydrogens (tertiary/aromatic N) is 1. The maximum absolute atomic E-state index is 12.8. The molecule has 0 spiro atoms. The number of benzene rings is 1. The largest absolute Gasteiger partial charge is 0.497 e. The first-order chi connectivity index (χ1) is 10.5. The number of hydrogen-bond acceptors (Lipinski definition) is 6. The SMILES string of the molecule is COc1ccc(S(=O)(=O)N2CCSCC[C@H]2C(=O)NO)cc1. The molecule has 1 aromatic rings. The minimum atomic E-state index is -3.82. The summed E-state index contributed by atoms with van der Waals surface area (Å²) in [4.78, 5) is 11.9. The van der Waals surface area contributed by atoms with Crippen molar-refractivity contribution < 1.29 is 23.2 Å². The molecule has 0 bridgehead atoms. The zero-order chi connectivity index (χ0) is 16.2. The molecule has 2 N–H and O–H groups in total. The zero-order valence-electron chi connectivity index (χ0n) is 12.1. The lowest BCUT2D eigenvalue weighted by molar-refractivity contribution is -0.133. The lowest BCUT2D eigenvalue weighted by atomic mass is 10.2. The van der Waals surface area contributed by atoms with Gasteiger partial charge in [-0.25, -0.2) is 13.9 Å². The molecular formula is C13H18N2O5S2. The van der Waals surface area contributed by atoms with E-state index in [1.807, 2.05) is 0 Å². The molecule has 1 saturated heterocycles. The third-order valence-corrected chi connectivity index (χ3v) is 6.34. The van der Waals surface area contributed by atoms with Crippen LogP contribution in [0.1, 0.15) is 6.42 Å². The Morgan fingerprint density at radius 3 is 2.64 bits per heavy atom. The molecule has 9 heteroatoms. The van der Waals surface area contributed by atoms with Gasteiger partial charge in [-0.05, 0) is 36.4 Å². The van der Waals surface area contributed by atoms with Crippen molar-refractivity contribution in [1.82, 2.24) is 9.79 Å². The highest BCUT2D eigenvalue weighted by Crippen LogP contribution is 2.25. The summed E-state index contributed by atoms with van der Waals surface area (Å²) in [7, 11) is -2.32. The number of sulfonamides is 1. The Bertz CT molecular complexity index is 618. The summed E-state index contributed by atoms with van der Waals surface area (Å²) < 4.78 is 31.7. The van der Waals surface area contributed by atoms with Crippen molar-refractivity contribution in [1.29, 1.82) is 0 Å². The molecule has 0 unspecified atom stereocenters. The summed E-state index contributed by atoms with van der Waals surface area (Å²) in [5.41, 5.74) is 1.56. The van der Waals surface area contributed by atoms with Gasteiger partial charge < -0.3 is 4.74 Å². The van der Waals surface area contributed by atoms with Gasteiger partial charge in [-0.1, -0.05) is 0 Å². The van der Waals surface area contributed by atoms with Crippen LogP contribution in [0.4, 0.5) is 0 Å². The number of carbonyl (C=O) groups is 1. The van der Waals surface area contributed by atoms with Crippen molar-refractivity contribution in [3.63, 3.8) is 0 Å². The Kier molecular flexibility index (Phi) is 5.68. The molecule has 2 rings (SSSR count). The quantitative estimate of drug-likeness (QED) is 0.615. The van der Waals surface area contributed by atoms with Crippen molar-refractivity contribution in [2.24, 2.45) is 0 Å². The Morgan fingerprint density at radius 2 is 2.05 bits per heavy atom. The average molecular weight is 346 g/mol. The van der Waals surface area contributed by atoms with Gasteiger partial charge >= 0.3 is 0 Å². The fraction of sp³-hybridized carbons (Fsp3) is 0.462. The lowest BCUT2D eigenvalue weighted by Crippen LogP contribution is -2.49. The van der Waals surface area contributed by atoms with Crippen LogP contribution in [-0.2, 0) is 14.8 Å². The minimum absolute atomic E-state index is 0.0935. The van der Waals surface area contributed by atoms with Crippen LogP contribution in [0.3, 0.4) is 0 Å². The molecule has 1 fully saturated rings. The number of nitrogens with one attached hydrogen (secondary N) is 1. The van der Waals surface area contributed by atoms with Crippen molar-refractivity contribution in [2.45, 2.75) is 17.4 Å². The van der Waals surface area contributed by atoms with Crippen LogP contribution in [0.5, 0.6) is 5.75 Å². The van der Waals surface area contributed by atoms with E-state index in [9.17, 15) is 13.2 Å². The van der Waals surface area contributed by atoms with Crippen molar-refractivity contribution in [3.05, 3.63) is 24.3 Å². The average Bonchev–Trinajstić information content (AvgIpc) is 2.80. The summed E-state index contributed by atoms with van der Waals surface area (Å²) >= 11 is 1.58. The monoisotopic (exact) mass is 346 g/mol. The summed E-state index contributed by atoms with van der Waals surface area (Å²) in [6.45, 7) is 0.219. The predicted molar refractivity (Wildman–Crippen MR) is 82.5 cm³/mol.